The monoisotopic (exact) mass is 428 g/mol. The van der Waals surface area contributed by atoms with Gasteiger partial charge in [0.15, 0.2) is 5.76 Å². The van der Waals surface area contributed by atoms with Crippen LogP contribution in [0.3, 0.4) is 0 Å². The van der Waals surface area contributed by atoms with Crippen LogP contribution in [0.25, 0.3) is 11.0 Å². The fraction of sp³-hybridized carbons (Fsp3) is 0.273. The Morgan fingerprint density at radius 2 is 1.77 bits per heavy atom. The third-order valence-corrected chi connectivity index (χ3v) is 4.46. The molecule has 3 aromatic rings. The van der Waals surface area contributed by atoms with Crippen molar-refractivity contribution in [3.63, 3.8) is 0 Å². The number of fused-ring (bicyclic) bond motifs is 1. The molecule has 0 saturated carbocycles. The summed E-state index contributed by atoms with van der Waals surface area (Å²) >= 11 is 0. The van der Waals surface area contributed by atoms with Crippen LogP contribution in [-0.4, -0.2) is 50.5 Å². The maximum Gasteiger partial charge on any atom is 0.287 e. The molecular formula is C22H24N2O7. The molecule has 0 radical (unpaired) electrons. The van der Waals surface area contributed by atoms with E-state index in [9.17, 15) is 9.59 Å². The van der Waals surface area contributed by atoms with Gasteiger partial charge in [0.1, 0.15) is 17.9 Å². The van der Waals surface area contributed by atoms with Crippen LogP contribution in [-0.2, 0) is 16.1 Å². The number of rotatable bonds is 11. The van der Waals surface area contributed by atoms with Crippen LogP contribution in [0.2, 0.25) is 0 Å². The summed E-state index contributed by atoms with van der Waals surface area (Å²) in [6.07, 6.45) is 0. The van der Waals surface area contributed by atoms with Crippen molar-refractivity contribution >= 4 is 22.8 Å². The van der Waals surface area contributed by atoms with Crippen molar-refractivity contribution in [3.8, 4) is 5.75 Å². The predicted molar refractivity (Wildman–Crippen MR) is 111 cm³/mol. The molecule has 0 fully saturated rings. The highest BCUT2D eigenvalue weighted by molar-refractivity contribution is 5.99. The number of methoxy groups -OCH3 is 1. The minimum absolute atomic E-state index is 0.206. The topological polar surface area (TPSA) is 119 Å². The lowest BCUT2D eigenvalue weighted by Gasteiger charge is -2.09. The number of ether oxygens (including phenoxy) is 3. The fourth-order valence-electron chi connectivity index (χ4n) is 2.92. The lowest BCUT2D eigenvalue weighted by Crippen LogP contribution is -2.28. The number of hydroxylamine groups is 1. The summed E-state index contributed by atoms with van der Waals surface area (Å²) in [6.45, 7) is 1.56. The summed E-state index contributed by atoms with van der Waals surface area (Å²) in [4.78, 5) is 24.0. The molecule has 9 nitrogen and oxygen atoms in total. The number of para-hydroxylation sites is 1. The fourth-order valence-corrected chi connectivity index (χ4v) is 2.92. The molecule has 31 heavy (non-hydrogen) atoms. The molecule has 0 atom stereocenters. The Balaban J connectivity index is 1.56. The summed E-state index contributed by atoms with van der Waals surface area (Å²) < 4.78 is 21.9. The second-order valence-corrected chi connectivity index (χ2v) is 6.52. The van der Waals surface area contributed by atoms with Gasteiger partial charge in [-0.05, 0) is 30.3 Å². The second kappa shape index (κ2) is 11.1. The van der Waals surface area contributed by atoms with E-state index in [-0.39, 0.29) is 31.4 Å². The summed E-state index contributed by atoms with van der Waals surface area (Å²) in [7, 11) is 1.60. The molecule has 0 bridgehead atoms. The van der Waals surface area contributed by atoms with Crippen molar-refractivity contribution in [1.82, 2.24) is 10.8 Å². The van der Waals surface area contributed by atoms with Crippen molar-refractivity contribution in [2.75, 3.05) is 33.5 Å². The zero-order valence-corrected chi connectivity index (χ0v) is 17.1. The Hall–Kier alpha value is -3.40. The average Bonchev–Trinajstić information content (AvgIpc) is 3.18. The molecule has 2 amide bonds. The quantitative estimate of drug-likeness (QED) is 0.244. The number of hydrogen-bond acceptors (Lipinski definition) is 7. The zero-order chi connectivity index (χ0) is 22.1. The summed E-state index contributed by atoms with van der Waals surface area (Å²) in [5, 5.41) is 12.2. The molecule has 1 aromatic heterocycles. The second-order valence-electron chi connectivity index (χ2n) is 6.52. The van der Waals surface area contributed by atoms with Gasteiger partial charge < -0.3 is 23.9 Å². The van der Waals surface area contributed by atoms with Gasteiger partial charge in [-0.25, -0.2) is 5.48 Å². The average molecular weight is 428 g/mol. The van der Waals surface area contributed by atoms with Crippen LogP contribution in [0.4, 0.5) is 0 Å². The summed E-state index contributed by atoms with van der Waals surface area (Å²) in [5.41, 5.74) is 3.16. The van der Waals surface area contributed by atoms with Gasteiger partial charge in [-0.3, -0.25) is 14.8 Å². The lowest BCUT2D eigenvalue weighted by atomic mass is 10.1. The van der Waals surface area contributed by atoms with Gasteiger partial charge in [-0.2, -0.15) is 0 Å². The van der Waals surface area contributed by atoms with Gasteiger partial charge in [-0.15, -0.1) is 0 Å². The highest BCUT2D eigenvalue weighted by Crippen LogP contribution is 2.26. The molecular weight excluding hydrogens is 404 g/mol. The van der Waals surface area contributed by atoms with E-state index in [1.165, 1.54) is 12.1 Å². The Morgan fingerprint density at radius 3 is 2.52 bits per heavy atom. The zero-order valence-electron chi connectivity index (χ0n) is 17.1. The molecule has 0 unspecified atom stereocenters. The molecule has 0 saturated heterocycles. The van der Waals surface area contributed by atoms with Gasteiger partial charge in [0.25, 0.3) is 11.8 Å². The van der Waals surface area contributed by atoms with Crippen LogP contribution >= 0.6 is 0 Å². The van der Waals surface area contributed by atoms with E-state index in [0.717, 1.165) is 5.39 Å². The molecule has 164 valence electrons. The number of carbonyl (C=O) groups excluding carboxylic acids is 2. The smallest absolute Gasteiger partial charge is 0.287 e. The third-order valence-electron chi connectivity index (χ3n) is 4.46. The normalized spacial score (nSPS) is 10.8. The maximum absolute atomic E-state index is 12.7. The number of furan rings is 1. The number of benzene rings is 2. The minimum atomic E-state index is -0.605. The molecule has 2 aromatic carbocycles. The van der Waals surface area contributed by atoms with Gasteiger partial charge in [-0.1, -0.05) is 18.2 Å². The molecule has 9 heteroatoms. The Bertz CT molecular complexity index is 1010. The number of amides is 2. The van der Waals surface area contributed by atoms with Crippen LogP contribution in [0.1, 0.15) is 26.5 Å². The molecule has 3 rings (SSSR count). The van der Waals surface area contributed by atoms with Crippen LogP contribution in [0, 0.1) is 0 Å². The number of carbonyl (C=O) groups is 2. The van der Waals surface area contributed by atoms with Gasteiger partial charge in [0, 0.05) is 23.6 Å². The molecule has 0 spiro atoms. The Kier molecular flexibility index (Phi) is 7.99. The van der Waals surface area contributed by atoms with Crippen LogP contribution in [0.5, 0.6) is 5.75 Å². The van der Waals surface area contributed by atoms with Crippen LogP contribution in [0.15, 0.2) is 52.9 Å². The van der Waals surface area contributed by atoms with Crippen molar-refractivity contribution in [3.05, 3.63) is 65.4 Å². The molecule has 3 N–H and O–H groups in total. The Morgan fingerprint density at radius 1 is 1.00 bits per heavy atom. The summed E-state index contributed by atoms with van der Waals surface area (Å²) in [6, 6.07) is 13.6. The number of nitrogens with one attached hydrogen (secondary N) is 2. The standard InChI is InChI=1S/C22H24N2O7/c1-28-12-13-29-14-18-17-4-2-3-5-19(17)31-20(18)22(26)23-10-11-30-16-8-6-15(7-9-16)21(25)24-27/h2-9,27H,10-14H2,1H3,(H,23,26)(H,24,25). The van der Waals surface area contributed by atoms with E-state index in [0.29, 0.717) is 35.7 Å². The van der Waals surface area contributed by atoms with Crippen LogP contribution < -0.4 is 15.5 Å². The van der Waals surface area contributed by atoms with Gasteiger partial charge in [0.2, 0.25) is 0 Å². The van der Waals surface area contributed by atoms with Gasteiger partial charge >= 0.3 is 0 Å². The van der Waals surface area contributed by atoms with E-state index in [1.807, 2.05) is 18.2 Å². The molecule has 0 aliphatic carbocycles. The SMILES string of the molecule is COCCOCc1c(C(=O)NCCOc2ccc(C(=O)NO)cc2)oc2ccccc12. The van der Waals surface area contributed by atoms with Crippen molar-refractivity contribution in [2.45, 2.75) is 6.61 Å². The highest BCUT2D eigenvalue weighted by Gasteiger charge is 2.20. The minimum Gasteiger partial charge on any atom is -0.492 e. The Labute approximate surface area is 178 Å². The molecule has 0 aliphatic rings. The van der Waals surface area contributed by atoms with Crippen molar-refractivity contribution < 1.29 is 33.4 Å². The van der Waals surface area contributed by atoms with Gasteiger partial charge in [0.05, 0.1) is 26.4 Å². The van der Waals surface area contributed by atoms with Crippen molar-refractivity contribution in [1.29, 1.82) is 0 Å². The first kappa shape index (κ1) is 22.3. The molecule has 1 heterocycles. The highest BCUT2D eigenvalue weighted by atomic mass is 16.5. The third kappa shape index (κ3) is 5.82. The van der Waals surface area contributed by atoms with E-state index in [2.05, 4.69) is 5.32 Å². The largest absolute Gasteiger partial charge is 0.492 e. The van der Waals surface area contributed by atoms with Crippen molar-refractivity contribution in [2.24, 2.45) is 0 Å². The van der Waals surface area contributed by atoms with E-state index in [1.54, 1.807) is 30.8 Å². The first-order valence-electron chi connectivity index (χ1n) is 9.66. The maximum atomic E-state index is 12.7. The number of hydrogen-bond donors (Lipinski definition) is 3. The van der Waals surface area contributed by atoms with E-state index in [4.69, 9.17) is 23.8 Å². The first-order chi connectivity index (χ1) is 15.1. The lowest BCUT2D eigenvalue weighted by molar-refractivity contribution is 0.0609. The predicted octanol–water partition coefficient (Wildman–Crippen LogP) is 2.52. The van der Waals surface area contributed by atoms with E-state index < -0.39 is 5.91 Å². The molecule has 0 aliphatic heterocycles. The van der Waals surface area contributed by atoms with E-state index >= 15 is 0 Å². The first-order valence-corrected chi connectivity index (χ1v) is 9.66. The summed E-state index contributed by atoms with van der Waals surface area (Å²) in [5.74, 6) is -0.232.